The summed E-state index contributed by atoms with van der Waals surface area (Å²) in [6, 6.07) is 13.8. The van der Waals surface area contributed by atoms with Crippen molar-refractivity contribution in [1.82, 2.24) is 4.57 Å². The summed E-state index contributed by atoms with van der Waals surface area (Å²) in [4.78, 5) is 32.0. The number of nitrogens with zero attached hydrogens (tertiary/aromatic N) is 2. The van der Waals surface area contributed by atoms with E-state index in [4.69, 9.17) is 9.57 Å². The highest BCUT2D eigenvalue weighted by Gasteiger charge is 2.41. The maximum absolute atomic E-state index is 14.8. The van der Waals surface area contributed by atoms with Crippen LogP contribution in [-0.4, -0.2) is 41.0 Å². The molecule has 0 N–H and O–H groups in total. The molecule has 2 atom stereocenters. The molecule has 0 spiro atoms. The normalized spacial score (nSPS) is 15.9. The van der Waals surface area contributed by atoms with Crippen molar-refractivity contribution in [2.24, 2.45) is 17.0 Å². The fourth-order valence-corrected chi connectivity index (χ4v) is 8.11. The van der Waals surface area contributed by atoms with Crippen LogP contribution in [0.25, 0.3) is 27.9 Å². The van der Waals surface area contributed by atoms with Crippen LogP contribution in [0.5, 0.6) is 5.75 Å². The number of allylic oxidation sites excluding steroid dienone is 5. The number of halogens is 4. The van der Waals surface area contributed by atoms with E-state index in [9.17, 15) is 27.2 Å². The lowest BCUT2D eigenvalue weighted by Gasteiger charge is -2.23. The Morgan fingerprint density at radius 1 is 1.02 bits per heavy atom. The first-order chi connectivity index (χ1) is 27.1. The molecular weight excluding hydrogens is 733 g/mol. The number of rotatable bonds is 17. The van der Waals surface area contributed by atoms with Crippen LogP contribution in [0.15, 0.2) is 82.6 Å². The molecule has 57 heavy (non-hydrogen) atoms. The zero-order valence-corrected chi connectivity index (χ0v) is 34.3. The number of Topliss-reactive ketones (excluding diaryl/α,β-unsaturated/α-hetero) is 1. The Labute approximate surface area is 333 Å². The van der Waals surface area contributed by atoms with E-state index in [2.05, 4.69) is 56.5 Å². The van der Waals surface area contributed by atoms with Crippen LogP contribution < -0.4 is 4.74 Å². The highest BCUT2D eigenvalue weighted by molar-refractivity contribution is 6.21. The zero-order valence-electron chi connectivity index (χ0n) is 34.3. The third-order valence-corrected chi connectivity index (χ3v) is 10.8. The predicted octanol–water partition coefficient (Wildman–Crippen LogP) is 12.7. The van der Waals surface area contributed by atoms with Gasteiger partial charge in [0.15, 0.2) is 12.4 Å². The first-order valence-corrected chi connectivity index (χ1v) is 20.0. The van der Waals surface area contributed by atoms with Gasteiger partial charge >= 0.3 is 18.3 Å². The fourth-order valence-electron chi connectivity index (χ4n) is 8.11. The molecule has 0 bridgehead atoms. The number of carbonyl (C=O) groups is 2. The fraction of sp³-hybridized carbons (Fsp3) is 0.426. The van der Waals surface area contributed by atoms with Gasteiger partial charge in [-0.05, 0) is 111 Å². The molecule has 1 heterocycles. The van der Waals surface area contributed by atoms with Gasteiger partial charge in [-0.2, -0.15) is 8.78 Å². The molecule has 6 nitrogen and oxygen atoms in total. The molecule has 0 amide bonds. The minimum atomic E-state index is -4.31. The Bertz CT molecular complexity index is 2240. The quantitative estimate of drug-likeness (QED) is 0.0351. The summed E-state index contributed by atoms with van der Waals surface area (Å²) in [6.45, 7) is 15.3. The highest BCUT2D eigenvalue weighted by atomic mass is 19.3. The lowest BCUT2D eigenvalue weighted by molar-refractivity contribution is -0.148. The molecule has 5 rings (SSSR count). The number of alkyl halides is 4. The minimum absolute atomic E-state index is 0.00461. The van der Waals surface area contributed by atoms with Crippen LogP contribution in [-0.2, 0) is 22.6 Å². The topological polar surface area (TPSA) is 69.9 Å². The van der Waals surface area contributed by atoms with E-state index in [0.717, 1.165) is 88.3 Å². The first kappa shape index (κ1) is 43.1. The third kappa shape index (κ3) is 9.43. The van der Waals surface area contributed by atoms with Crippen molar-refractivity contribution < 1.29 is 36.7 Å². The van der Waals surface area contributed by atoms with Crippen molar-refractivity contribution in [3.05, 3.63) is 105 Å². The summed E-state index contributed by atoms with van der Waals surface area (Å²) >= 11 is 0. The maximum atomic E-state index is 14.8. The molecule has 304 valence electrons. The van der Waals surface area contributed by atoms with Crippen LogP contribution >= 0.6 is 0 Å². The van der Waals surface area contributed by atoms with Gasteiger partial charge in [-0.3, -0.25) is 4.79 Å². The third-order valence-electron chi connectivity index (χ3n) is 10.8. The minimum Gasteiger partial charge on any atom is -0.487 e. The molecule has 0 saturated carbocycles. The number of aromatic nitrogens is 1. The van der Waals surface area contributed by atoms with Crippen molar-refractivity contribution in [3.63, 3.8) is 0 Å². The number of hydrogen-bond acceptors (Lipinski definition) is 5. The number of unbranched alkanes of at least 4 members (excludes halogenated alkanes) is 1. The molecule has 4 aromatic rings. The summed E-state index contributed by atoms with van der Waals surface area (Å²) in [5.74, 6) is -4.22. The van der Waals surface area contributed by atoms with E-state index in [1.54, 1.807) is 0 Å². The van der Waals surface area contributed by atoms with E-state index in [1.165, 1.54) is 31.2 Å². The van der Waals surface area contributed by atoms with E-state index in [-0.39, 0.29) is 17.2 Å². The number of hydrogen-bond donors (Lipinski definition) is 0. The van der Waals surface area contributed by atoms with E-state index in [1.807, 2.05) is 44.2 Å². The van der Waals surface area contributed by atoms with Crippen molar-refractivity contribution in [2.45, 2.75) is 113 Å². The lowest BCUT2D eigenvalue weighted by atomic mass is 9.81. The van der Waals surface area contributed by atoms with Gasteiger partial charge in [0.2, 0.25) is 0 Å². The van der Waals surface area contributed by atoms with E-state index < -0.39 is 24.9 Å². The van der Waals surface area contributed by atoms with Gasteiger partial charge in [0.25, 0.3) is 0 Å². The number of fused-ring (bicyclic) bond motifs is 3. The Morgan fingerprint density at radius 3 is 2.32 bits per heavy atom. The number of ether oxygens (including phenoxy) is 1. The van der Waals surface area contributed by atoms with Gasteiger partial charge in [0, 0.05) is 52.0 Å². The number of ketones is 1. The number of benzene rings is 3. The van der Waals surface area contributed by atoms with Crippen molar-refractivity contribution >= 4 is 45.3 Å². The monoisotopic (exact) mass is 786 g/mol. The second-order valence-electron chi connectivity index (χ2n) is 15.2. The van der Waals surface area contributed by atoms with Gasteiger partial charge in [-0.15, -0.1) is 0 Å². The smallest absolute Gasteiger partial charge is 0.340 e. The molecule has 1 aromatic heterocycles. The zero-order chi connectivity index (χ0) is 41.6. The molecule has 1 aliphatic rings. The molecule has 2 unspecified atom stereocenters. The summed E-state index contributed by atoms with van der Waals surface area (Å²) in [5.41, 5.74) is 8.87. The molecule has 1 aliphatic carbocycles. The van der Waals surface area contributed by atoms with Crippen LogP contribution in [0.1, 0.15) is 120 Å². The van der Waals surface area contributed by atoms with Crippen LogP contribution in [0.2, 0.25) is 0 Å². The van der Waals surface area contributed by atoms with E-state index >= 15 is 0 Å². The van der Waals surface area contributed by atoms with Crippen LogP contribution in [0.4, 0.5) is 17.6 Å². The Morgan fingerprint density at radius 2 is 1.72 bits per heavy atom. The SMILES string of the molecule is C/C=C\c1c(C(=O)C2=C(C)CC(C)C=C2C)cc2c3cc(/C(=N\OC(C)=O)c4ccc(OCC(F)(F)C(F)F)cc4)ccc3n(CC(CC)CCCC)c2c1CC. The Kier molecular flexibility index (Phi) is 14.0. The lowest BCUT2D eigenvalue weighted by Crippen LogP contribution is -2.33. The standard InChI is InChI=1S/C47H54F4N2O4/c1-9-13-15-32(11-3)26-53-41-21-18-34(43(52-57-31(8)54)33-16-19-35(20-17-33)56-27-47(50,51)46(48)49)24-38(41)39-25-40(37(14-10-2)36(12-4)44(39)53)45(55)42-29(6)22-28(5)23-30(42)7/h10,14,16-22,24-25,28,32,46H,9,11-13,15,23,26-27H2,1-8H3/b14-10-,52-43-. The molecule has 10 heteroatoms. The number of oxime groups is 1. The van der Waals surface area contributed by atoms with Crippen molar-refractivity contribution in [2.75, 3.05) is 6.61 Å². The molecular formula is C47H54F4N2O4. The van der Waals surface area contributed by atoms with Gasteiger partial charge < -0.3 is 14.1 Å². The van der Waals surface area contributed by atoms with Gasteiger partial charge in [0.1, 0.15) is 11.5 Å². The van der Waals surface area contributed by atoms with Gasteiger partial charge in [0.05, 0.1) is 5.52 Å². The van der Waals surface area contributed by atoms with Crippen LogP contribution in [0.3, 0.4) is 0 Å². The Hall–Kier alpha value is -4.99. The molecule has 3 aromatic carbocycles. The number of carbonyl (C=O) groups excluding carboxylic acids is 2. The Balaban J connectivity index is 1.76. The van der Waals surface area contributed by atoms with Crippen molar-refractivity contribution in [1.29, 1.82) is 0 Å². The second-order valence-corrected chi connectivity index (χ2v) is 15.2. The first-order valence-electron chi connectivity index (χ1n) is 20.0. The molecule has 0 saturated heterocycles. The summed E-state index contributed by atoms with van der Waals surface area (Å²) in [6.07, 6.45) is 8.19. The second kappa shape index (κ2) is 18.5. The highest BCUT2D eigenvalue weighted by Crippen LogP contribution is 2.40. The predicted molar refractivity (Wildman–Crippen MR) is 222 cm³/mol. The molecule has 0 fully saturated rings. The summed E-state index contributed by atoms with van der Waals surface area (Å²) in [7, 11) is 0. The maximum Gasteiger partial charge on any atom is 0.340 e. The summed E-state index contributed by atoms with van der Waals surface area (Å²) in [5, 5.41) is 6.03. The average molecular weight is 787 g/mol. The summed E-state index contributed by atoms with van der Waals surface area (Å²) < 4.78 is 60.0. The molecule has 0 aliphatic heterocycles. The average Bonchev–Trinajstić information content (AvgIpc) is 3.47. The van der Waals surface area contributed by atoms with Crippen molar-refractivity contribution in [3.8, 4) is 5.75 Å². The number of aryl methyl sites for hydroxylation is 1. The van der Waals surface area contributed by atoms with Crippen LogP contribution in [0, 0.1) is 11.8 Å². The largest absolute Gasteiger partial charge is 0.487 e. The van der Waals surface area contributed by atoms with Gasteiger partial charge in [-0.1, -0.05) is 82.0 Å². The van der Waals surface area contributed by atoms with E-state index in [0.29, 0.717) is 34.9 Å². The molecule has 0 radical (unpaired) electrons. The van der Waals surface area contributed by atoms with Gasteiger partial charge in [-0.25, -0.2) is 13.6 Å².